The summed E-state index contributed by atoms with van der Waals surface area (Å²) in [6.45, 7) is 12.5. The van der Waals surface area contributed by atoms with Crippen LogP contribution in [0.5, 0.6) is 0 Å². The maximum atomic E-state index is 12.8. The molecule has 1 heterocycles. The average Bonchev–Trinajstić information content (AvgIpc) is 3.08. The first-order valence-electron chi connectivity index (χ1n) is 16.1. The van der Waals surface area contributed by atoms with Crippen LogP contribution in [0.1, 0.15) is 44.5 Å². The highest BCUT2D eigenvalue weighted by atomic mass is 35.5. The predicted octanol–water partition coefficient (Wildman–Crippen LogP) is 3.12. The number of carbonyl (C=O) groups is 1. The molecule has 3 N–H and O–H groups in total. The van der Waals surface area contributed by atoms with Gasteiger partial charge in [0.05, 0.1) is 11.6 Å². The summed E-state index contributed by atoms with van der Waals surface area (Å²) < 4.78 is 25.3. The molecule has 0 radical (unpaired) electrons. The molecular formula is C35H47ClN4O6SSi. The third-order valence-electron chi connectivity index (χ3n) is 8.60. The fraction of sp³-hybridized carbons (Fsp3) is 0.400. The van der Waals surface area contributed by atoms with E-state index in [1.54, 1.807) is 27.4 Å². The summed E-state index contributed by atoms with van der Waals surface area (Å²) >= 11 is 5.52. The Bertz CT molecular complexity index is 1740. The monoisotopic (exact) mass is 714 g/mol. The number of hydrogen-bond donors (Lipinski definition) is 3. The second-order valence-corrected chi connectivity index (χ2v) is 14.5. The van der Waals surface area contributed by atoms with Gasteiger partial charge < -0.3 is 50.7 Å². The summed E-state index contributed by atoms with van der Waals surface area (Å²) in [5.41, 5.74) is 4.72. The van der Waals surface area contributed by atoms with Crippen molar-refractivity contribution in [1.82, 2.24) is 9.89 Å². The summed E-state index contributed by atoms with van der Waals surface area (Å²) in [6, 6.07) is 18.3. The first-order chi connectivity index (χ1) is 22.7. The number of anilines is 2. The Balaban J connectivity index is 0.00000625. The molecule has 10 nitrogen and oxygen atoms in total. The number of nitrogens with one attached hydrogen (secondary N) is 2. The number of fused-ring (bicyclic) bond motifs is 2. The fourth-order valence-corrected chi connectivity index (χ4v) is 7.93. The van der Waals surface area contributed by atoms with Gasteiger partial charge >= 0.3 is 14.8 Å². The summed E-state index contributed by atoms with van der Waals surface area (Å²) in [7, 11) is 2.10. The van der Waals surface area contributed by atoms with Crippen LogP contribution in [0.25, 0.3) is 33.4 Å². The van der Waals surface area contributed by atoms with Gasteiger partial charge in [0, 0.05) is 87.0 Å². The summed E-state index contributed by atoms with van der Waals surface area (Å²) in [4.78, 5) is 15.1. The lowest BCUT2D eigenvalue weighted by Crippen LogP contribution is -3.00. The van der Waals surface area contributed by atoms with E-state index in [-0.39, 0.29) is 18.0 Å². The quantitative estimate of drug-likeness (QED) is 0.0559. The van der Waals surface area contributed by atoms with Crippen molar-refractivity contribution in [2.45, 2.75) is 40.2 Å². The van der Waals surface area contributed by atoms with Gasteiger partial charge in [-0.25, -0.2) is 9.37 Å². The smallest absolute Gasteiger partial charge is 0.500 e. The highest BCUT2D eigenvalue weighted by molar-refractivity contribution is 7.80. The molecule has 0 unspecified atom stereocenters. The fourth-order valence-electron chi connectivity index (χ4n) is 5.98. The van der Waals surface area contributed by atoms with Gasteiger partial charge in [-0.05, 0) is 82.2 Å². The Morgan fingerprint density at radius 1 is 0.938 bits per heavy atom. The number of thiocarbonyl (C=S) groups is 1. The van der Waals surface area contributed by atoms with Crippen molar-refractivity contribution in [3.8, 4) is 22.5 Å². The van der Waals surface area contributed by atoms with Crippen LogP contribution in [0.2, 0.25) is 6.04 Å². The molecule has 0 bridgehead atoms. The molecule has 48 heavy (non-hydrogen) atoms. The largest absolute Gasteiger partial charge is 1.00 e. The number of nitrogens with zero attached hydrogens (tertiary/aromatic N) is 2. The molecule has 260 valence electrons. The van der Waals surface area contributed by atoms with Crippen molar-refractivity contribution in [2.24, 2.45) is 0 Å². The normalized spacial score (nSPS) is 11.3. The van der Waals surface area contributed by atoms with E-state index in [1.165, 1.54) is 0 Å². The maximum absolute atomic E-state index is 12.8. The standard InChI is InChI=1S/C35H46N4O6SSi.ClH/c1-8-38(9-2)25-14-17-28-31(22-25)45-32-23-26(39(10-3)11-4)15-18-29(32)33(28)27-16-13-24(21-30(27)34(40)41)37-35(46)36-19-12-20-47(42-5,43-6)44-7;/h13-18,21-23H,8-12,19-20H2,1-7H3,(H2,36,40,41,46);1H. The average molecular weight is 715 g/mol. The number of carboxylic acids is 1. The highest BCUT2D eigenvalue weighted by Gasteiger charge is 2.36. The molecule has 1 aliphatic heterocycles. The minimum atomic E-state index is -2.67. The number of carboxylic acid groups (broad SMARTS) is 1. The molecule has 0 spiro atoms. The number of rotatable bonds is 15. The molecule has 1 aliphatic carbocycles. The molecule has 2 aliphatic rings. The lowest BCUT2D eigenvalue weighted by molar-refractivity contribution is -0.0000298. The van der Waals surface area contributed by atoms with Crippen molar-refractivity contribution in [3.05, 3.63) is 65.5 Å². The Morgan fingerprint density at radius 3 is 2.21 bits per heavy atom. The summed E-state index contributed by atoms with van der Waals surface area (Å²) in [6.07, 6.45) is 0.716. The second kappa shape index (κ2) is 17.8. The maximum Gasteiger partial charge on any atom is 0.500 e. The Kier molecular flexibility index (Phi) is 14.4. The van der Waals surface area contributed by atoms with Gasteiger partial charge in [-0.1, -0.05) is 6.07 Å². The van der Waals surface area contributed by atoms with Crippen LogP contribution in [0, 0.1) is 0 Å². The van der Waals surface area contributed by atoms with Gasteiger partial charge in [-0.3, -0.25) is 0 Å². The number of halogens is 1. The minimum Gasteiger partial charge on any atom is -1.00 e. The van der Waals surface area contributed by atoms with Crippen LogP contribution < -0.4 is 37.9 Å². The second-order valence-electron chi connectivity index (χ2n) is 11.0. The molecule has 2 aromatic rings. The van der Waals surface area contributed by atoms with E-state index in [1.807, 2.05) is 36.4 Å². The van der Waals surface area contributed by atoms with Crippen molar-refractivity contribution in [1.29, 1.82) is 0 Å². The lowest BCUT2D eigenvalue weighted by atomic mass is 9.90. The van der Waals surface area contributed by atoms with Crippen LogP contribution >= 0.6 is 12.2 Å². The molecule has 2 aromatic carbocycles. The van der Waals surface area contributed by atoms with Gasteiger partial charge in [-0.2, -0.15) is 0 Å². The molecule has 0 fully saturated rings. The predicted molar refractivity (Wildman–Crippen MR) is 196 cm³/mol. The first kappa shape index (κ1) is 38.9. The Morgan fingerprint density at radius 2 is 1.60 bits per heavy atom. The molecular weight excluding hydrogens is 668 g/mol. The Hall–Kier alpha value is -3.52. The van der Waals surface area contributed by atoms with Crippen LogP contribution in [0.3, 0.4) is 0 Å². The van der Waals surface area contributed by atoms with Gasteiger partial charge in [0.2, 0.25) is 5.36 Å². The van der Waals surface area contributed by atoms with E-state index in [0.717, 1.165) is 53.7 Å². The zero-order valence-electron chi connectivity index (χ0n) is 28.8. The zero-order chi connectivity index (χ0) is 34.1. The molecule has 0 saturated heterocycles. The van der Waals surface area contributed by atoms with E-state index in [2.05, 4.69) is 59.9 Å². The van der Waals surface area contributed by atoms with Crippen LogP contribution in [0.4, 0.5) is 11.4 Å². The summed E-state index contributed by atoms with van der Waals surface area (Å²) in [5, 5.41) is 19.1. The number of hydrogen-bond acceptors (Lipinski definition) is 7. The molecule has 13 heteroatoms. The van der Waals surface area contributed by atoms with Crippen LogP contribution in [0.15, 0.2) is 59.0 Å². The molecule has 0 aromatic heterocycles. The van der Waals surface area contributed by atoms with Gasteiger partial charge in [-0.15, -0.1) is 0 Å². The van der Waals surface area contributed by atoms with Crippen LogP contribution in [-0.4, -0.2) is 79.0 Å². The van der Waals surface area contributed by atoms with E-state index in [4.69, 9.17) is 29.9 Å². The number of benzene rings is 3. The van der Waals surface area contributed by atoms with Crippen molar-refractivity contribution in [2.75, 3.05) is 64.3 Å². The third-order valence-corrected chi connectivity index (χ3v) is 11.7. The minimum absolute atomic E-state index is 0. The van der Waals surface area contributed by atoms with Gasteiger partial charge in [0.15, 0.2) is 5.11 Å². The van der Waals surface area contributed by atoms with E-state index < -0.39 is 14.8 Å². The van der Waals surface area contributed by atoms with Gasteiger partial charge in [0.25, 0.3) is 0 Å². The molecule has 0 atom stereocenters. The first-order valence-corrected chi connectivity index (χ1v) is 18.4. The topological polar surface area (TPSA) is 108 Å². The Labute approximate surface area is 295 Å². The van der Waals surface area contributed by atoms with Crippen LogP contribution in [-0.2, 0) is 13.3 Å². The van der Waals surface area contributed by atoms with Crippen molar-refractivity contribution < 1.29 is 40.0 Å². The van der Waals surface area contributed by atoms with Gasteiger partial charge in [0.1, 0.15) is 24.4 Å². The number of aromatic carboxylic acids is 1. The SMILES string of the molecule is CCN(CC)c1ccc2c(-c3ccc(NC(=S)NCCC[Si](OC)(OC)OC)cc3C(=O)O)c3ccc(=[N+](CC)CC)cc-3oc2c1.[Cl-]. The molecule has 0 amide bonds. The molecule has 0 saturated carbocycles. The third kappa shape index (κ3) is 8.54. The zero-order valence-corrected chi connectivity index (χ0v) is 31.4. The lowest BCUT2D eigenvalue weighted by Gasteiger charge is -2.24. The molecule has 4 rings (SSSR count). The van der Waals surface area contributed by atoms with E-state index in [0.29, 0.717) is 46.7 Å². The van der Waals surface area contributed by atoms with Crippen molar-refractivity contribution in [3.63, 3.8) is 0 Å². The van der Waals surface area contributed by atoms with E-state index >= 15 is 0 Å². The van der Waals surface area contributed by atoms with E-state index in [9.17, 15) is 9.90 Å². The highest BCUT2D eigenvalue weighted by Crippen LogP contribution is 2.42. The van der Waals surface area contributed by atoms with Crippen molar-refractivity contribution >= 4 is 54.4 Å². The summed E-state index contributed by atoms with van der Waals surface area (Å²) in [5.74, 6) is -0.343.